The second-order valence-corrected chi connectivity index (χ2v) is 8.76. The molecule has 7 heteroatoms. The van der Waals surface area contributed by atoms with Crippen molar-refractivity contribution in [1.82, 2.24) is 4.98 Å². The Morgan fingerprint density at radius 1 is 0.909 bits per heavy atom. The van der Waals surface area contributed by atoms with Gasteiger partial charge in [-0.05, 0) is 22.3 Å². The Morgan fingerprint density at radius 2 is 1.52 bits per heavy atom. The fourth-order valence-corrected chi connectivity index (χ4v) is 5.17. The van der Waals surface area contributed by atoms with Gasteiger partial charge in [-0.3, -0.25) is 10.1 Å². The first kappa shape index (κ1) is 20.9. The first-order valence-corrected chi connectivity index (χ1v) is 11.3. The quantitative estimate of drug-likeness (QED) is 0.383. The van der Waals surface area contributed by atoms with Crippen LogP contribution in [0.15, 0.2) is 78.9 Å². The van der Waals surface area contributed by atoms with Gasteiger partial charge in [0.2, 0.25) is 0 Å². The molecular weight excluding hydrogens is 436 g/mol. The van der Waals surface area contributed by atoms with E-state index in [-0.39, 0.29) is 18.9 Å². The second-order valence-electron chi connectivity index (χ2n) is 7.68. The van der Waals surface area contributed by atoms with Crippen LogP contribution in [0, 0.1) is 0 Å². The molecule has 2 N–H and O–H groups in total. The van der Waals surface area contributed by atoms with Gasteiger partial charge in [0.05, 0.1) is 12.1 Å². The maximum absolute atomic E-state index is 12.6. The average molecular weight is 457 g/mol. The number of carbonyl (C=O) groups excluding carboxylic acids is 1. The Hall–Kier alpha value is -3.97. The molecule has 0 spiro atoms. The van der Waals surface area contributed by atoms with E-state index in [0.717, 1.165) is 39.2 Å². The summed E-state index contributed by atoms with van der Waals surface area (Å²) in [5.74, 6) is -0.995. The van der Waals surface area contributed by atoms with Crippen LogP contribution in [-0.2, 0) is 16.0 Å². The van der Waals surface area contributed by atoms with E-state index in [1.165, 1.54) is 0 Å². The number of nitrogens with zero attached hydrogens (tertiary/aromatic N) is 1. The summed E-state index contributed by atoms with van der Waals surface area (Å²) in [5, 5.41) is 12.2. The number of amides is 1. The molecule has 1 aliphatic carbocycles. The van der Waals surface area contributed by atoms with Crippen molar-refractivity contribution in [2.45, 2.75) is 12.3 Å². The lowest BCUT2D eigenvalue weighted by atomic mass is 9.98. The highest BCUT2D eigenvalue weighted by molar-refractivity contribution is 7.16. The van der Waals surface area contributed by atoms with Gasteiger partial charge < -0.3 is 9.84 Å². The molecular formula is C26H20N2O4S. The number of carboxylic acids is 1. The van der Waals surface area contributed by atoms with Crippen LogP contribution < -0.4 is 5.32 Å². The molecule has 0 saturated heterocycles. The van der Waals surface area contributed by atoms with Gasteiger partial charge in [0.15, 0.2) is 5.13 Å². The van der Waals surface area contributed by atoms with Crippen molar-refractivity contribution in [2.24, 2.45) is 0 Å². The van der Waals surface area contributed by atoms with Crippen molar-refractivity contribution in [3.05, 3.63) is 94.9 Å². The normalized spacial score (nSPS) is 12.1. The number of fused-ring (bicyclic) bond motifs is 3. The molecule has 0 unspecified atom stereocenters. The number of ether oxygens (including phenoxy) is 1. The number of carboxylic acid groups (broad SMARTS) is 1. The lowest BCUT2D eigenvalue weighted by Crippen LogP contribution is -2.17. The predicted molar refractivity (Wildman–Crippen MR) is 128 cm³/mol. The summed E-state index contributed by atoms with van der Waals surface area (Å²) in [5.41, 5.74) is 5.94. The lowest BCUT2D eigenvalue weighted by Gasteiger charge is -2.14. The van der Waals surface area contributed by atoms with Gasteiger partial charge in [0.1, 0.15) is 6.61 Å². The summed E-state index contributed by atoms with van der Waals surface area (Å²) in [6.07, 6.45) is -0.791. The molecule has 1 amide bonds. The smallest absolute Gasteiger partial charge is 0.413 e. The highest BCUT2D eigenvalue weighted by Gasteiger charge is 2.29. The summed E-state index contributed by atoms with van der Waals surface area (Å²) >= 11 is 1.14. The molecule has 5 rings (SSSR count). The number of anilines is 1. The van der Waals surface area contributed by atoms with Gasteiger partial charge in [0.25, 0.3) is 0 Å². The van der Waals surface area contributed by atoms with Crippen LogP contribution >= 0.6 is 11.3 Å². The van der Waals surface area contributed by atoms with Crippen LogP contribution in [0.5, 0.6) is 0 Å². The number of hydrogen-bond acceptors (Lipinski definition) is 5. The highest BCUT2D eigenvalue weighted by Crippen LogP contribution is 2.44. The molecule has 4 aromatic rings. The molecule has 6 nitrogen and oxygen atoms in total. The Labute approximate surface area is 194 Å². The van der Waals surface area contributed by atoms with Crippen molar-refractivity contribution in [2.75, 3.05) is 11.9 Å². The Kier molecular flexibility index (Phi) is 5.62. The van der Waals surface area contributed by atoms with Crippen LogP contribution in [0.3, 0.4) is 0 Å². The maximum Gasteiger partial charge on any atom is 0.413 e. The zero-order valence-corrected chi connectivity index (χ0v) is 18.3. The maximum atomic E-state index is 12.6. The fourth-order valence-electron chi connectivity index (χ4n) is 4.21. The van der Waals surface area contributed by atoms with Crippen LogP contribution in [-0.4, -0.2) is 28.8 Å². The van der Waals surface area contributed by atoms with E-state index in [4.69, 9.17) is 4.74 Å². The van der Waals surface area contributed by atoms with Crippen LogP contribution in [0.1, 0.15) is 21.9 Å². The molecule has 0 saturated carbocycles. The van der Waals surface area contributed by atoms with Gasteiger partial charge in [-0.1, -0.05) is 78.9 Å². The van der Waals surface area contributed by atoms with E-state index >= 15 is 0 Å². The van der Waals surface area contributed by atoms with Crippen molar-refractivity contribution in [3.63, 3.8) is 0 Å². The number of hydrogen-bond donors (Lipinski definition) is 2. The first-order valence-electron chi connectivity index (χ1n) is 10.5. The third-order valence-electron chi connectivity index (χ3n) is 5.61. The third-order valence-corrected chi connectivity index (χ3v) is 6.58. The highest BCUT2D eigenvalue weighted by atomic mass is 32.1. The number of carbonyl (C=O) groups is 2. The third kappa shape index (κ3) is 4.23. The monoisotopic (exact) mass is 456 g/mol. The standard InChI is InChI=1S/C26H20N2O4S/c29-23(30)14-22-24(16-8-2-1-3-9-16)27-25(33-22)28-26(31)32-15-21-19-12-6-4-10-17(19)18-11-5-7-13-20(18)21/h1-13,21H,14-15H2,(H,29,30)(H,27,28,31). The molecule has 33 heavy (non-hydrogen) atoms. The summed E-state index contributed by atoms with van der Waals surface area (Å²) in [6, 6.07) is 25.6. The summed E-state index contributed by atoms with van der Waals surface area (Å²) in [6.45, 7) is 0.193. The molecule has 1 aromatic heterocycles. The molecule has 0 atom stereocenters. The number of benzene rings is 3. The molecule has 1 heterocycles. The van der Waals surface area contributed by atoms with Crippen LogP contribution in [0.2, 0.25) is 0 Å². The van der Waals surface area contributed by atoms with Gasteiger partial charge in [-0.15, -0.1) is 11.3 Å². The minimum absolute atomic E-state index is 0.0399. The Bertz CT molecular complexity index is 1290. The van der Waals surface area contributed by atoms with Gasteiger partial charge in [-0.2, -0.15) is 0 Å². The Balaban J connectivity index is 1.32. The van der Waals surface area contributed by atoms with E-state index < -0.39 is 12.1 Å². The van der Waals surface area contributed by atoms with Crippen molar-refractivity contribution in [3.8, 4) is 22.4 Å². The topological polar surface area (TPSA) is 88.5 Å². The summed E-state index contributed by atoms with van der Waals surface area (Å²) in [4.78, 5) is 28.9. The molecule has 0 bridgehead atoms. The zero-order chi connectivity index (χ0) is 22.8. The SMILES string of the molecule is O=C(O)Cc1sc(NC(=O)OCC2c3ccccc3-c3ccccc32)nc1-c1ccccc1. The minimum atomic E-state index is -0.955. The van der Waals surface area contributed by atoms with Gasteiger partial charge in [0, 0.05) is 16.4 Å². The number of aromatic nitrogens is 1. The molecule has 1 aliphatic rings. The molecule has 164 valence electrons. The number of aliphatic carboxylic acids is 1. The number of rotatable bonds is 6. The van der Waals surface area contributed by atoms with Crippen molar-refractivity contribution < 1.29 is 19.4 Å². The summed E-state index contributed by atoms with van der Waals surface area (Å²) < 4.78 is 5.58. The largest absolute Gasteiger partial charge is 0.481 e. The second kappa shape index (κ2) is 8.88. The number of thiazole rings is 1. The predicted octanol–water partition coefficient (Wildman–Crippen LogP) is 5.80. The van der Waals surface area contributed by atoms with E-state index in [1.54, 1.807) is 0 Å². The number of nitrogens with one attached hydrogen (secondary N) is 1. The van der Waals surface area contributed by atoms with Crippen LogP contribution in [0.4, 0.5) is 9.93 Å². The Morgan fingerprint density at radius 3 is 2.15 bits per heavy atom. The van der Waals surface area contributed by atoms with E-state index in [2.05, 4.69) is 34.6 Å². The van der Waals surface area contributed by atoms with E-state index in [0.29, 0.717) is 15.7 Å². The van der Waals surface area contributed by atoms with Gasteiger partial charge >= 0.3 is 12.1 Å². The van der Waals surface area contributed by atoms with Crippen LogP contribution in [0.25, 0.3) is 22.4 Å². The zero-order valence-electron chi connectivity index (χ0n) is 17.5. The average Bonchev–Trinajstić information content (AvgIpc) is 3.36. The summed E-state index contributed by atoms with van der Waals surface area (Å²) in [7, 11) is 0. The first-order chi connectivity index (χ1) is 16.1. The fraction of sp³-hybridized carbons (Fsp3) is 0.115. The van der Waals surface area contributed by atoms with E-state index in [9.17, 15) is 14.7 Å². The minimum Gasteiger partial charge on any atom is -0.481 e. The van der Waals surface area contributed by atoms with E-state index in [1.807, 2.05) is 54.6 Å². The van der Waals surface area contributed by atoms with Gasteiger partial charge in [-0.25, -0.2) is 9.78 Å². The molecule has 0 aliphatic heterocycles. The molecule has 0 fully saturated rings. The molecule has 3 aromatic carbocycles. The molecule has 0 radical (unpaired) electrons. The lowest BCUT2D eigenvalue weighted by molar-refractivity contribution is -0.136. The van der Waals surface area contributed by atoms with Crippen molar-refractivity contribution >= 4 is 28.5 Å². The van der Waals surface area contributed by atoms with Crippen molar-refractivity contribution in [1.29, 1.82) is 0 Å².